The maximum absolute atomic E-state index is 12.2. The first-order chi connectivity index (χ1) is 16.1. The summed E-state index contributed by atoms with van der Waals surface area (Å²) in [6.45, 7) is 3.33. The van der Waals surface area contributed by atoms with Crippen LogP contribution in [-0.4, -0.2) is 45.2 Å². The number of carboxylic acid groups (broad SMARTS) is 1. The molecule has 0 aliphatic carbocycles. The molecule has 2 heterocycles. The molecule has 0 radical (unpaired) electrons. The lowest BCUT2D eigenvalue weighted by Crippen LogP contribution is -2.29. The van der Waals surface area contributed by atoms with Gasteiger partial charge in [0, 0.05) is 28.8 Å². The molecule has 1 saturated heterocycles. The summed E-state index contributed by atoms with van der Waals surface area (Å²) in [5.41, 5.74) is 3.32. The van der Waals surface area contributed by atoms with Gasteiger partial charge in [0.05, 0.1) is 5.69 Å². The first-order valence-corrected chi connectivity index (χ1v) is 11.0. The standard InChI is InChI=1S/C22H22ClN3O.C2HF3O2/c23-19-7-3-2-6-18(19)20-14-21(27)25-22(24-20)17-10-8-16(9-11-17)15-26-12-4-1-5-13-26;3-2(4,5)1(6)7/h2-3,6-11,14H,1,4-5,12-13,15H2,(H,24,25,27);(H,6,7). The summed E-state index contributed by atoms with van der Waals surface area (Å²) in [5.74, 6) is -2.20. The molecule has 3 aromatic rings. The summed E-state index contributed by atoms with van der Waals surface area (Å²) in [6.07, 6.45) is -1.16. The number of piperidine rings is 1. The molecule has 0 saturated carbocycles. The molecule has 1 aliphatic heterocycles. The summed E-state index contributed by atoms with van der Waals surface area (Å²) in [4.78, 5) is 31.0. The predicted molar refractivity (Wildman–Crippen MR) is 124 cm³/mol. The third-order valence-electron chi connectivity index (χ3n) is 5.22. The van der Waals surface area contributed by atoms with Crippen molar-refractivity contribution in [2.24, 2.45) is 0 Å². The molecule has 0 atom stereocenters. The van der Waals surface area contributed by atoms with Crippen molar-refractivity contribution < 1.29 is 23.1 Å². The molecule has 2 aromatic carbocycles. The molecule has 1 aromatic heterocycles. The molecular weight excluding hydrogens is 471 g/mol. The second kappa shape index (κ2) is 11.3. The molecule has 0 amide bonds. The second-order valence-corrected chi connectivity index (χ2v) is 8.20. The van der Waals surface area contributed by atoms with Crippen LogP contribution in [0, 0.1) is 0 Å². The highest BCUT2D eigenvalue weighted by atomic mass is 35.5. The van der Waals surface area contributed by atoms with Gasteiger partial charge >= 0.3 is 12.1 Å². The van der Waals surface area contributed by atoms with Gasteiger partial charge in [-0.25, -0.2) is 9.78 Å². The zero-order valence-corrected chi connectivity index (χ0v) is 18.9. The van der Waals surface area contributed by atoms with Gasteiger partial charge in [-0.3, -0.25) is 9.69 Å². The van der Waals surface area contributed by atoms with Crippen molar-refractivity contribution >= 4 is 17.6 Å². The molecule has 1 fully saturated rings. The summed E-state index contributed by atoms with van der Waals surface area (Å²) in [5, 5.41) is 7.71. The minimum absolute atomic E-state index is 0.188. The van der Waals surface area contributed by atoms with Crippen molar-refractivity contribution in [2.45, 2.75) is 32.0 Å². The van der Waals surface area contributed by atoms with Crippen molar-refractivity contribution in [3.63, 3.8) is 0 Å². The van der Waals surface area contributed by atoms with E-state index in [0.717, 1.165) is 17.7 Å². The van der Waals surface area contributed by atoms with Crippen LogP contribution < -0.4 is 5.56 Å². The maximum atomic E-state index is 12.2. The number of aromatic nitrogens is 2. The van der Waals surface area contributed by atoms with E-state index in [9.17, 15) is 18.0 Å². The molecule has 0 unspecified atom stereocenters. The Morgan fingerprint density at radius 3 is 2.26 bits per heavy atom. The summed E-state index contributed by atoms with van der Waals surface area (Å²) in [7, 11) is 0. The number of aliphatic carboxylic acids is 1. The highest BCUT2D eigenvalue weighted by Gasteiger charge is 2.38. The Bertz CT molecular complexity index is 1170. The van der Waals surface area contributed by atoms with Gasteiger partial charge in [0.25, 0.3) is 5.56 Å². The smallest absolute Gasteiger partial charge is 0.475 e. The average molecular weight is 494 g/mol. The molecule has 4 rings (SSSR count). The molecule has 10 heteroatoms. The maximum Gasteiger partial charge on any atom is 0.490 e. The van der Waals surface area contributed by atoms with Crippen LogP contribution in [0.2, 0.25) is 5.02 Å². The number of likely N-dealkylation sites (tertiary alicyclic amines) is 1. The zero-order valence-electron chi connectivity index (χ0n) is 18.1. The highest BCUT2D eigenvalue weighted by Crippen LogP contribution is 2.26. The number of rotatable bonds is 4. The number of halogens is 4. The first-order valence-electron chi connectivity index (χ1n) is 10.6. The number of nitrogens with zero attached hydrogens (tertiary/aromatic N) is 2. The fraction of sp³-hybridized carbons (Fsp3) is 0.292. The number of carbonyl (C=O) groups is 1. The number of aromatic amines is 1. The molecule has 0 bridgehead atoms. The van der Waals surface area contributed by atoms with E-state index in [1.165, 1.54) is 44.0 Å². The Morgan fingerprint density at radius 1 is 1.06 bits per heavy atom. The molecule has 6 nitrogen and oxygen atoms in total. The molecule has 34 heavy (non-hydrogen) atoms. The summed E-state index contributed by atoms with van der Waals surface area (Å²) in [6, 6.07) is 17.2. The lowest BCUT2D eigenvalue weighted by Gasteiger charge is -2.26. The first kappa shape index (κ1) is 25.5. The predicted octanol–water partition coefficient (Wildman–Crippen LogP) is 5.38. The van der Waals surface area contributed by atoms with Crippen molar-refractivity contribution in [1.82, 2.24) is 14.9 Å². The third-order valence-corrected chi connectivity index (χ3v) is 5.55. The van der Waals surface area contributed by atoms with Gasteiger partial charge < -0.3 is 10.1 Å². The Kier molecular flexibility index (Phi) is 8.46. The largest absolute Gasteiger partial charge is 0.490 e. The zero-order chi connectivity index (χ0) is 24.7. The van der Waals surface area contributed by atoms with Gasteiger partial charge in [-0.05, 0) is 37.6 Å². The van der Waals surface area contributed by atoms with Gasteiger partial charge in [-0.15, -0.1) is 0 Å². The quantitative estimate of drug-likeness (QED) is 0.510. The van der Waals surface area contributed by atoms with E-state index in [1.807, 2.05) is 30.3 Å². The number of carboxylic acids is 1. The molecule has 0 spiro atoms. The summed E-state index contributed by atoms with van der Waals surface area (Å²) < 4.78 is 31.7. The van der Waals surface area contributed by atoms with Crippen molar-refractivity contribution in [3.05, 3.63) is 75.5 Å². The van der Waals surface area contributed by atoms with Crippen LogP contribution in [0.4, 0.5) is 13.2 Å². The Balaban J connectivity index is 0.000000406. The van der Waals surface area contributed by atoms with E-state index in [4.69, 9.17) is 21.5 Å². The minimum atomic E-state index is -5.08. The van der Waals surface area contributed by atoms with Gasteiger partial charge in [0.1, 0.15) is 5.82 Å². The van der Waals surface area contributed by atoms with E-state index < -0.39 is 12.1 Å². The van der Waals surface area contributed by atoms with Crippen LogP contribution in [0.25, 0.3) is 22.6 Å². The molecule has 180 valence electrons. The number of hydrogen-bond acceptors (Lipinski definition) is 4. The van der Waals surface area contributed by atoms with Gasteiger partial charge in [0.15, 0.2) is 0 Å². The molecule has 2 N–H and O–H groups in total. The monoisotopic (exact) mass is 493 g/mol. The van der Waals surface area contributed by atoms with Crippen LogP contribution >= 0.6 is 11.6 Å². The van der Waals surface area contributed by atoms with Crippen LogP contribution in [0.1, 0.15) is 24.8 Å². The Labute approximate surface area is 199 Å². The van der Waals surface area contributed by atoms with Crippen LogP contribution in [0.5, 0.6) is 0 Å². The van der Waals surface area contributed by atoms with E-state index >= 15 is 0 Å². The number of alkyl halides is 3. The number of hydrogen-bond donors (Lipinski definition) is 2. The number of nitrogens with one attached hydrogen (secondary N) is 1. The Morgan fingerprint density at radius 2 is 1.68 bits per heavy atom. The van der Waals surface area contributed by atoms with Gasteiger partial charge in [-0.1, -0.05) is 60.5 Å². The highest BCUT2D eigenvalue weighted by molar-refractivity contribution is 6.33. The molecular formula is C24H23ClF3N3O3. The molecule has 1 aliphatic rings. The third kappa shape index (κ3) is 7.16. The SMILES string of the molecule is O=C(O)C(F)(F)F.O=c1cc(-c2ccccc2Cl)nc(-c2ccc(CN3CCCCC3)cc2)[nH]1. The number of H-pyrrole nitrogens is 1. The van der Waals surface area contributed by atoms with E-state index in [1.54, 1.807) is 6.07 Å². The summed E-state index contributed by atoms with van der Waals surface area (Å²) >= 11 is 6.27. The second-order valence-electron chi connectivity index (χ2n) is 7.80. The van der Waals surface area contributed by atoms with Crippen LogP contribution in [0.15, 0.2) is 59.4 Å². The van der Waals surface area contributed by atoms with E-state index in [0.29, 0.717) is 16.5 Å². The lowest BCUT2D eigenvalue weighted by molar-refractivity contribution is -0.192. The van der Waals surface area contributed by atoms with E-state index in [2.05, 4.69) is 27.0 Å². The van der Waals surface area contributed by atoms with Crippen LogP contribution in [0.3, 0.4) is 0 Å². The normalized spacial score (nSPS) is 14.2. The average Bonchev–Trinajstić information content (AvgIpc) is 2.80. The van der Waals surface area contributed by atoms with Gasteiger partial charge in [0.2, 0.25) is 0 Å². The van der Waals surface area contributed by atoms with Crippen molar-refractivity contribution in [3.8, 4) is 22.6 Å². The Hall–Kier alpha value is -3.17. The lowest BCUT2D eigenvalue weighted by atomic mass is 10.1. The fourth-order valence-corrected chi connectivity index (χ4v) is 3.78. The number of benzene rings is 2. The van der Waals surface area contributed by atoms with Gasteiger partial charge in [-0.2, -0.15) is 13.2 Å². The van der Waals surface area contributed by atoms with E-state index in [-0.39, 0.29) is 5.56 Å². The fourth-order valence-electron chi connectivity index (χ4n) is 3.54. The van der Waals surface area contributed by atoms with Crippen molar-refractivity contribution in [1.29, 1.82) is 0 Å². The van der Waals surface area contributed by atoms with Crippen molar-refractivity contribution in [2.75, 3.05) is 13.1 Å². The topological polar surface area (TPSA) is 86.3 Å². The van der Waals surface area contributed by atoms with Crippen LogP contribution in [-0.2, 0) is 11.3 Å². The minimum Gasteiger partial charge on any atom is -0.475 e.